The maximum Gasteiger partial charge on any atom is 0.223 e. The van der Waals surface area contributed by atoms with Gasteiger partial charge in [0.05, 0.1) is 0 Å². The lowest BCUT2D eigenvalue weighted by molar-refractivity contribution is -0.126. The van der Waals surface area contributed by atoms with Crippen LogP contribution in [0.2, 0.25) is 0 Å². The molecule has 1 atom stereocenters. The molecule has 2 saturated carbocycles. The first-order chi connectivity index (χ1) is 11.1. The van der Waals surface area contributed by atoms with Crippen LogP contribution in [0.1, 0.15) is 64.7 Å². The minimum atomic E-state index is 0.113. The normalized spacial score (nSPS) is 26.7. The Hall–Kier alpha value is -1.10. The van der Waals surface area contributed by atoms with Gasteiger partial charge in [-0.25, -0.2) is 0 Å². The number of carbonyl (C=O) groups is 2. The second kappa shape index (κ2) is 9.26. The summed E-state index contributed by atoms with van der Waals surface area (Å²) in [5.74, 6) is 1.10. The molecule has 0 bridgehead atoms. The molecule has 132 valence electrons. The summed E-state index contributed by atoms with van der Waals surface area (Å²) in [6.45, 7) is 2.73. The molecule has 5 nitrogen and oxygen atoms in total. The lowest BCUT2D eigenvalue weighted by Crippen LogP contribution is -2.43. The van der Waals surface area contributed by atoms with Gasteiger partial charge in [0.1, 0.15) is 0 Å². The van der Waals surface area contributed by atoms with E-state index in [0.29, 0.717) is 24.9 Å². The van der Waals surface area contributed by atoms with Crippen molar-refractivity contribution >= 4 is 11.8 Å². The van der Waals surface area contributed by atoms with E-state index in [2.05, 4.69) is 22.9 Å². The molecule has 0 aromatic heterocycles. The van der Waals surface area contributed by atoms with E-state index in [1.807, 2.05) is 7.05 Å². The van der Waals surface area contributed by atoms with Crippen molar-refractivity contribution in [3.8, 4) is 0 Å². The van der Waals surface area contributed by atoms with Crippen LogP contribution in [0.3, 0.4) is 0 Å². The number of hydrogen-bond donors (Lipinski definition) is 3. The predicted molar refractivity (Wildman–Crippen MR) is 92.0 cm³/mol. The number of amides is 2. The third-order valence-corrected chi connectivity index (χ3v) is 5.49. The zero-order chi connectivity index (χ0) is 16.7. The van der Waals surface area contributed by atoms with Crippen molar-refractivity contribution in [1.82, 2.24) is 16.0 Å². The fraction of sp³-hybridized carbons (Fsp3) is 0.889. The maximum absolute atomic E-state index is 12.2. The van der Waals surface area contributed by atoms with Crippen LogP contribution in [0.5, 0.6) is 0 Å². The number of hydrogen-bond acceptors (Lipinski definition) is 3. The van der Waals surface area contributed by atoms with Gasteiger partial charge in [0.2, 0.25) is 11.8 Å². The summed E-state index contributed by atoms with van der Waals surface area (Å²) < 4.78 is 0. The summed E-state index contributed by atoms with van der Waals surface area (Å²) >= 11 is 0. The second-order valence-electron chi connectivity index (χ2n) is 7.41. The van der Waals surface area contributed by atoms with E-state index in [1.165, 1.54) is 25.7 Å². The number of rotatable bonds is 7. The molecule has 5 heteroatoms. The molecule has 2 rings (SSSR count). The quantitative estimate of drug-likeness (QED) is 0.671. The first-order valence-electron chi connectivity index (χ1n) is 9.32. The van der Waals surface area contributed by atoms with E-state index >= 15 is 0 Å². The minimum absolute atomic E-state index is 0.113. The fourth-order valence-electron chi connectivity index (χ4n) is 3.76. The Labute approximate surface area is 140 Å². The SMILES string of the molecule is CNC(C)CNC(=O)C1CCC(NC(=O)CC2CCCC2)CC1. The Balaban J connectivity index is 1.63. The zero-order valence-corrected chi connectivity index (χ0v) is 14.7. The van der Waals surface area contributed by atoms with E-state index in [1.54, 1.807) is 0 Å². The van der Waals surface area contributed by atoms with Gasteiger partial charge in [-0.05, 0) is 58.4 Å². The van der Waals surface area contributed by atoms with Gasteiger partial charge in [0, 0.05) is 31.0 Å². The molecule has 0 heterocycles. The summed E-state index contributed by atoms with van der Waals surface area (Å²) in [6.07, 6.45) is 9.31. The van der Waals surface area contributed by atoms with Crippen molar-refractivity contribution < 1.29 is 9.59 Å². The smallest absolute Gasteiger partial charge is 0.223 e. The fourth-order valence-corrected chi connectivity index (χ4v) is 3.76. The molecule has 1 unspecified atom stereocenters. The maximum atomic E-state index is 12.2. The summed E-state index contributed by atoms with van der Waals surface area (Å²) in [6, 6.07) is 0.564. The van der Waals surface area contributed by atoms with E-state index < -0.39 is 0 Å². The van der Waals surface area contributed by atoms with Crippen LogP contribution in [0, 0.1) is 11.8 Å². The average molecular weight is 323 g/mol. The number of carbonyl (C=O) groups excluding carboxylic acids is 2. The Bertz CT molecular complexity index is 386. The molecule has 0 aliphatic heterocycles. The molecule has 3 N–H and O–H groups in total. The highest BCUT2D eigenvalue weighted by Crippen LogP contribution is 2.28. The van der Waals surface area contributed by atoms with Crippen molar-refractivity contribution in [3.05, 3.63) is 0 Å². The summed E-state index contributed by atoms with van der Waals surface area (Å²) in [5.41, 5.74) is 0. The molecular formula is C18H33N3O2. The van der Waals surface area contributed by atoms with E-state index in [-0.39, 0.29) is 23.8 Å². The second-order valence-corrected chi connectivity index (χ2v) is 7.41. The first-order valence-corrected chi connectivity index (χ1v) is 9.32. The van der Waals surface area contributed by atoms with Crippen LogP contribution in [-0.4, -0.2) is 37.5 Å². The van der Waals surface area contributed by atoms with Gasteiger partial charge in [0.15, 0.2) is 0 Å². The Morgan fingerprint density at radius 2 is 1.70 bits per heavy atom. The topological polar surface area (TPSA) is 70.2 Å². The van der Waals surface area contributed by atoms with Crippen LogP contribution >= 0.6 is 0 Å². The largest absolute Gasteiger partial charge is 0.354 e. The Morgan fingerprint density at radius 3 is 2.30 bits per heavy atom. The lowest BCUT2D eigenvalue weighted by Gasteiger charge is -2.29. The minimum Gasteiger partial charge on any atom is -0.354 e. The van der Waals surface area contributed by atoms with E-state index in [0.717, 1.165) is 25.7 Å². The van der Waals surface area contributed by atoms with Crippen LogP contribution in [-0.2, 0) is 9.59 Å². The zero-order valence-electron chi connectivity index (χ0n) is 14.7. The Morgan fingerprint density at radius 1 is 1.04 bits per heavy atom. The molecule has 2 amide bonds. The molecule has 2 fully saturated rings. The van der Waals surface area contributed by atoms with Gasteiger partial charge in [-0.2, -0.15) is 0 Å². The molecule has 0 aromatic rings. The van der Waals surface area contributed by atoms with E-state index in [4.69, 9.17) is 0 Å². The van der Waals surface area contributed by atoms with Gasteiger partial charge in [-0.1, -0.05) is 12.8 Å². The molecule has 0 spiro atoms. The van der Waals surface area contributed by atoms with Gasteiger partial charge in [-0.15, -0.1) is 0 Å². The average Bonchev–Trinajstić information content (AvgIpc) is 3.05. The summed E-state index contributed by atoms with van der Waals surface area (Å²) in [7, 11) is 1.90. The van der Waals surface area contributed by atoms with Crippen LogP contribution in [0.4, 0.5) is 0 Å². The van der Waals surface area contributed by atoms with Gasteiger partial charge in [-0.3, -0.25) is 9.59 Å². The molecule has 0 aromatic carbocycles. The van der Waals surface area contributed by atoms with Crippen LogP contribution in [0.25, 0.3) is 0 Å². The van der Waals surface area contributed by atoms with Gasteiger partial charge in [0.25, 0.3) is 0 Å². The van der Waals surface area contributed by atoms with Crippen LogP contribution in [0.15, 0.2) is 0 Å². The summed E-state index contributed by atoms with van der Waals surface area (Å²) in [4.78, 5) is 24.2. The molecule has 0 saturated heterocycles. The van der Waals surface area contributed by atoms with Crippen molar-refractivity contribution in [2.24, 2.45) is 11.8 Å². The number of likely N-dealkylation sites (N-methyl/N-ethyl adjacent to an activating group) is 1. The highest BCUT2D eigenvalue weighted by atomic mass is 16.2. The van der Waals surface area contributed by atoms with Gasteiger partial charge >= 0.3 is 0 Å². The monoisotopic (exact) mass is 323 g/mol. The number of nitrogens with one attached hydrogen (secondary N) is 3. The molecule has 2 aliphatic rings. The third-order valence-electron chi connectivity index (χ3n) is 5.49. The lowest BCUT2D eigenvalue weighted by atomic mass is 9.85. The standard InChI is InChI=1S/C18H33N3O2/c1-13(19-2)12-20-18(23)15-7-9-16(10-8-15)21-17(22)11-14-5-3-4-6-14/h13-16,19H,3-12H2,1-2H3,(H,20,23)(H,21,22). The highest BCUT2D eigenvalue weighted by Gasteiger charge is 2.27. The molecular weight excluding hydrogens is 290 g/mol. The summed E-state index contributed by atoms with van der Waals surface area (Å²) in [5, 5.41) is 9.32. The van der Waals surface area contributed by atoms with Crippen molar-refractivity contribution in [3.63, 3.8) is 0 Å². The molecule has 23 heavy (non-hydrogen) atoms. The third kappa shape index (κ3) is 6.13. The van der Waals surface area contributed by atoms with Crippen LogP contribution < -0.4 is 16.0 Å². The van der Waals surface area contributed by atoms with Gasteiger partial charge < -0.3 is 16.0 Å². The molecule has 2 aliphatic carbocycles. The highest BCUT2D eigenvalue weighted by molar-refractivity contribution is 5.79. The molecule has 0 radical (unpaired) electrons. The van der Waals surface area contributed by atoms with E-state index in [9.17, 15) is 9.59 Å². The Kier molecular flexibility index (Phi) is 7.34. The van der Waals surface area contributed by atoms with Crippen molar-refractivity contribution in [2.45, 2.75) is 76.8 Å². The van der Waals surface area contributed by atoms with Crippen molar-refractivity contribution in [2.75, 3.05) is 13.6 Å². The first kappa shape index (κ1) is 18.2. The predicted octanol–water partition coefficient (Wildman–Crippen LogP) is 1.97. The van der Waals surface area contributed by atoms with Crippen molar-refractivity contribution in [1.29, 1.82) is 0 Å².